The van der Waals surface area contributed by atoms with Gasteiger partial charge in [-0.15, -0.1) is 12.4 Å². The normalized spacial score (nSPS) is 20.9. The Labute approximate surface area is 55.3 Å². The van der Waals surface area contributed by atoms with E-state index in [0.29, 0.717) is 12.3 Å². The quantitative estimate of drug-likeness (QED) is 0.477. The number of Topliss-reactive ketones (excluding diaryl/α,β-unsaturated/α-hetero) is 1. The molecule has 0 radical (unpaired) electrons. The molecular weight excluding hydrogens is 126 g/mol. The van der Waals surface area contributed by atoms with Gasteiger partial charge in [-0.2, -0.15) is 0 Å². The minimum Gasteiger partial charge on any atom is -0.299 e. The van der Waals surface area contributed by atoms with Crippen LogP contribution in [0.3, 0.4) is 0 Å². The number of carbonyl (C=O) groups is 1. The van der Waals surface area contributed by atoms with Crippen LogP contribution in [0.25, 0.3) is 0 Å². The number of hydrogen-bond acceptors (Lipinski definition) is 2. The van der Waals surface area contributed by atoms with Gasteiger partial charge in [0.25, 0.3) is 0 Å². The minimum atomic E-state index is 0. The Kier molecular flexibility index (Phi) is 3.02. The number of nitrogens with zero attached hydrogens (tertiary/aromatic N) is 1. The van der Waals surface area contributed by atoms with Crippen molar-refractivity contribution >= 4 is 18.2 Å². The minimum absolute atomic E-state index is 0. The van der Waals surface area contributed by atoms with Gasteiger partial charge in [-0.05, 0) is 7.05 Å². The van der Waals surface area contributed by atoms with Crippen molar-refractivity contribution in [3.8, 4) is 0 Å². The Hall–Kier alpha value is -0.0800. The SMILES string of the molecule is CN1CCC(=O)C1.Cl. The molecule has 1 aliphatic heterocycles. The second-order valence-corrected chi connectivity index (χ2v) is 2.03. The molecule has 0 unspecified atom stereocenters. The van der Waals surface area contributed by atoms with Crippen LogP contribution in [0.1, 0.15) is 6.42 Å². The summed E-state index contributed by atoms with van der Waals surface area (Å²) in [7, 11) is 1.96. The third-order valence-electron chi connectivity index (χ3n) is 1.22. The first-order chi connectivity index (χ1) is 3.29. The summed E-state index contributed by atoms with van der Waals surface area (Å²) in [6, 6.07) is 0. The van der Waals surface area contributed by atoms with E-state index in [1.165, 1.54) is 0 Å². The molecule has 0 amide bonds. The predicted molar refractivity (Wildman–Crippen MR) is 34.4 cm³/mol. The van der Waals surface area contributed by atoms with Crippen LogP contribution in [0, 0.1) is 0 Å². The van der Waals surface area contributed by atoms with E-state index < -0.39 is 0 Å². The van der Waals surface area contributed by atoms with Gasteiger partial charge in [0.15, 0.2) is 0 Å². The maximum absolute atomic E-state index is 10.4. The Morgan fingerprint density at radius 2 is 2.25 bits per heavy atom. The van der Waals surface area contributed by atoms with E-state index in [1.54, 1.807) is 0 Å². The topological polar surface area (TPSA) is 20.3 Å². The molecule has 0 aromatic carbocycles. The second kappa shape index (κ2) is 3.05. The number of rotatable bonds is 0. The molecule has 0 bridgehead atoms. The Morgan fingerprint density at radius 1 is 1.62 bits per heavy atom. The summed E-state index contributed by atoms with van der Waals surface area (Å²) >= 11 is 0. The largest absolute Gasteiger partial charge is 0.299 e. The van der Waals surface area contributed by atoms with Crippen LogP contribution in [0.5, 0.6) is 0 Å². The van der Waals surface area contributed by atoms with Gasteiger partial charge in [-0.25, -0.2) is 0 Å². The van der Waals surface area contributed by atoms with Crippen LogP contribution in [0.4, 0.5) is 0 Å². The van der Waals surface area contributed by atoms with E-state index in [2.05, 4.69) is 0 Å². The number of carbonyl (C=O) groups excluding carboxylic acids is 1. The highest BCUT2D eigenvalue weighted by Crippen LogP contribution is 1.98. The molecule has 1 heterocycles. The molecule has 0 spiro atoms. The average molecular weight is 136 g/mol. The number of likely N-dealkylation sites (N-methyl/N-ethyl adjacent to an activating group) is 1. The summed E-state index contributed by atoms with van der Waals surface area (Å²) in [4.78, 5) is 12.4. The van der Waals surface area contributed by atoms with E-state index in [1.807, 2.05) is 11.9 Å². The van der Waals surface area contributed by atoms with E-state index in [4.69, 9.17) is 0 Å². The van der Waals surface area contributed by atoms with Crippen LogP contribution in [0.15, 0.2) is 0 Å². The van der Waals surface area contributed by atoms with Crippen molar-refractivity contribution < 1.29 is 4.79 Å². The zero-order chi connectivity index (χ0) is 5.28. The monoisotopic (exact) mass is 135 g/mol. The van der Waals surface area contributed by atoms with E-state index in [-0.39, 0.29) is 12.4 Å². The molecular formula is C5H10ClNO. The molecule has 8 heavy (non-hydrogen) atoms. The van der Waals surface area contributed by atoms with Crippen LogP contribution in [-0.4, -0.2) is 30.8 Å². The predicted octanol–water partition coefficient (Wildman–Crippen LogP) is 0.313. The lowest BCUT2D eigenvalue weighted by Crippen LogP contribution is -2.13. The van der Waals surface area contributed by atoms with Crippen molar-refractivity contribution in [3.05, 3.63) is 0 Å². The summed E-state index contributed by atoms with van der Waals surface area (Å²) in [5.74, 6) is 0.377. The van der Waals surface area contributed by atoms with E-state index >= 15 is 0 Å². The number of hydrogen-bond donors (Lipinski definition) is 0. The Bertz CT molecular complexity index is 94.4. The lowest BCUT2D eigenvalue weighted by atomic mass is 10.4. The maximum atomic E-state index is 10.4. The van der Waals surface area contributed by atoms with Crippen LogP contribution >= 0.6 is 12.4 Å². The molecule has 1 rings (SSSR count). The molecule has 3 heteroatoms. The number of likely N-dealkylation sites (tertiary alicyclic amines) is 1. The summed E-state index contributed by atoms with van der Waals surface area (Å²) in [5.41, 5.74) is 0. The smallest absolute Gasteiger partial charge is 0.148 e. The molecule has 0 saturated carbocycles. The van der Waals surface area contributed by atoms with Crippen molar-refractivity contribution in [1.29, 1.82) is 0 Å². The van der Waals surface area contributed by atoms with Crippen molar-refractivity contribution in [2.75, 3.05) is 20.1 Å². The molecule has 48 valence electrons. The molecule has 0 N–H and O–H groups in total. The molecule has 1 saturated heterocycles. The van der Waals surface area contributed by atoms with Gasteiger partial charge in [-0.1, -0.05) is 0 Å². The fourth-order valence-electron chi connectivity index (χ4n) is 0.775. The molecule has 0 aromatic rings. The summed E-state index contributed by atoms with van der Waals surface area (Å²) < 4.78 is 0. The molecule has 1 aliphatic rings. The molecule has 1 fully saturated rings. The Morgan fingerprint density at radius 3 is 2.38 bits per heavy atom. The fourth-order valence-corrected chi connectivity index (χ4v) is 0.775. The molecule has 0 atom stereocenters. The van der Waals surface area contributed by atoms with E-state index in [0.717, 1.165) is 13.0 Å². The molecule has 0 aliphatic carbocycles. The highest BCUT2D eigenvalue weighted by Gasteiger charge is 2.13. The van der Waals surface area contributed by atoms with Crippen molar-refractivity contribution in [3.63, 3.8) is 0 Å². The van der Waals surface area contributed by atoms with Crippen molar-refractivity contribution in [2.24, 2.45) is 0 Å². The van der Waals surface area contributed by atoms with Crippen molar-refractivity contribution in [1.82, 2.24) is 4.90 Å². The zero-order valence-corrected chi connectivity index (χ0v) is 5.70. The lowest BCUT2D eigenvalue weighted by Gasteiger charge is -1.99. The third kappa shape index (κ3) is 1.80. The molecule has 0 aromatic heterocycles. The first-order valence-corrected chi connectivity index (χ1v) is 2.49. The van der Waals surface area contributed by atoms with Gasteiger partial charge >= 0.3 is 0 Å². The lowest BCUT2D eigenvalue weighted by molar-refractivity contribution is -0.116. The average Bonchev–Trinajstić information content (AvgIpc) is 1.87. The first-order valence-electron chi connectivity index (χ1n) is 2.49. The highest BCUT2D eigenvalue weighted by molar-refractivity contribution is 5.85. The second-order valence-electron chi connectivity index (χ2n) is 2.03. The number of halogens is 1. The van der Waals surface area contributed by atoms with Crippen LogP contribution < -0.4 is 0 Å². The first kappa shape index (κ1) is 7.92. The Balaban J connectivity index is 0.000000490. The van der Waals surface area contributed by atoms with Gasteiger partial charge < -0.3 is 0 Å². The maximum Gasteiger partial charge on any atom is 0.148 e. The highest BCUT2D eigenvalue weighted by atomic mass is 35.5. The van der Waals surface area contributed by atoms with Crippen molar-refractivity contribution in [2.45, 2.75) is 6.42 Å². The van der Waals surface area contributed by atoms with Gasteiger partial charge in [0.05, 0.1) is 6.54 Å². The van der Waals surface area contributed by atoms with Gasteiger partial charge in [0.2, 0.25) is 0 Å². The van der Waals surface area contributed by atoms with Gasteiger partial charge in [0, 0.05) is 13.0 Å². The standard InChI is InChI=1S/C5H9NO.ClH/c1-6-3-2-5(7)4-6;/h2-4H2,1H3;1H. The number of ketones is 1. The fraction of sp³-hybridized carbons (Fsp3) is 0.800. The van der Waals surface area contributed by atoms with Gasteiger partial charge in [-0.3, -0.25) is 9.69 Å². The molecule has 2 nitrogen and oxygen atoms in total. The van der Waals surface area contributed by atoms with E-state index in [9.17, 15) is 4.79 Å². The summed E-state index contributed by atoms with van der Waals surface area (Å²) in [6.07, 6.45) is 0.760. The van der Waals surface area contributed by atoms with Crippen LogP contribution in [0.2, 0.25) is 0 Å². The van der Waals surface area contributed by atoms with Gasteiger partial charge in [0.1, 0.15) is 5.78 Å². The summed E-state index contributed by atoms with van der Waals surface area (Å²) in [6.45, 7) is 1.62. The third-order valence-corrected chi connectivity index (χ3v) is 1.22. The van der Waals surface area contributed by atoms with Crippen LogP contribution in [-0.2, 0) is 4.79 Å². The summed E-state index contributed by atoms with van der Waals surface area (Å²) in [5, 5.41) is 0. The zero-order valence-electron chi connectivity index (χ0n) is 4.89.